The minimum absolute atomic E-state index is 0.142. The van der Waals surface area contributed by atoms with Crippen molar-refractivity contribution in [1.82, 2.24) is 4.90 Å². The molecule has 0 saturated carbocycles. The van der Waals surface area contributed by atoms with Crippen molar-refractivity contribution in [3.05, 3.63) is 17.7 Å². The standard InChI is InChI=1S/C16H28N2O3/c1-6-8-18(7-2)13(11-17)12-9-14(19-3)16(21-5)15(10-12)20-4/h9-10,13H,6-8,11,17H2,1-5H3. The lowest BCUT2D eigenvalue weighted by molar-refractivity contribution is 0.211. The van der Waals surface area contributed by atoms with Gasteiger partial charge in [0, 0.05) is 12.6 Å². The molecular weight excluding hydrogens is 268 g/mol. The Bertz CT molecular complexity index is 413. The number of ether oxygens (including phenoxy) is 3. The molecule has 2 N–H and O–H groups in total. The van der Waals surface area contributed by atoms with Gasteiger partial charge in [-0.05, 0) is 37.2 Å². The molecule has 1 atom stereocenters. The van der Waals surface area contributed by atoms with Crippen molar-refractivity contribution < 1.29 is 14.2 Å². The summed E-state index contributed by atoms with van der Waals surface area (Å²) in [6.45, 7) is 6.83. The Morgan fingerprint density at radius 1 is 1.05 bits per heavy atom. The summed E-state index contributed by atoms with van der Waals surface area (Å²) in [7, 11) is 4.86. The minimum atomic E-state index is 0.142. The van der Waals surface area contributed by atoms with Crippen LogP contribution in [-0.2, 0) is 0 Å². The molecule has 0 radical (unpaired) electrons. The van der Waals surface area contributed by atoms with Gasteiger partial charge < -0.3 is 19.9 Å². The summed E-state index contributed by atoms with van der Waals surface area (Å²) in [5.41, 5.74) is 7.10. The van der Waals surface area contributed by atoms with E-state index >= 15 is 0 Å². The predicted octanol–water partition coefficient (Wildman–Crippen LogP) is 2.44. The third-order valence-corrected chi connectivity index (χ3v) is 3.65. The molecule has 120 valence electrons. The SMILES string of the molecule is CCCN(CC)C(CN)c1cc(OC)c(OC)c(OC)c1. The van der Waals surface area contributed by atoms with Crippen LogP contribution in [0.25, 0.3) is 0 Å². The van der Waals surface area contributed by atoms with Crippen LogP contribution >= 0.6 is 0 Å². The van der Waals surface area contributed by atoms with Gasteiger partial charge in [0.1, 0.15) is 0 Å². The fourth-order valence-electron chi connectivity index (χ4n) is 2.61. The quantitative estimate of drug-likeness (QED) is 0.758. The lowest BCUT2D eigenvalue weighted by Gasteiger charge is -2.30. The summed E-state index contributed by atoms with van der Waals surface area (Å²) in [5, 5.41) is 0. The zero-order valence-electron chi connectivity index (χ0n) is 13.8. The highest BCUT2D eigenvalue weighted by atomic mass is 16.5. The zero-order valence-corrected chi connectivity index (χ0v) is 13.8. The molecule has 5 heteroatoms. The van der Waals surface area contributed by atoms with Crippen LogP contribution in [0.5, 0.6) is 17.2 Å². The molecule has 1 unspecified atom stereocenters. The Labute approximate surface area is 128 Å². The normalized spacial score (nSPS) is 12.3. The maximum Gasteiger partial charge on any atom is 0.203 e. The smallest absolute Gasteiger partial charge is 0.203 e. The van der Waals surface area contributed by atoms with Crippen LogP contribution in [0, 0.1) is 0 Å². The van der Waals surface area contributed by atoms with E-state index in [1.54, 1.807) is 21.3 Å². The largest absolute Gasteiger partial charge is 0.493 e. The summed E-state index contributed by atoms with van der Waals surface area (Å²) < 4.78 is 16.2. The van der Waals surface area contributed by atoms with Crippen molar-refractivity contribution in [3.63, 3.8) is 0 Å². The van der Waals surface area contributed by atoms with Gasteiger partial charge in [-0.15, -0.1) is 0 Å². The second-order valence-corrected chi connectivity index (χ2v) is 4.84. The van der Waals surface area contributed by atoms with Crippen molar-refractivity contribution in [2.75, 3.05) is 41.0 Å². The van der Waals surface area contributed by atoms with Crippen LogP contribution in [0.4, 0.5) is 0 Å². The minimum Gasteiger partial charge on any atom is -0.493 e. The van der Waals surface area contributed by atoms with Gasteiger partial charge in [0.05, 0.1) is 21.3 Å². The lowest BCUT2D eigenvalue weighted by atomic mass is 10.0. The van der Waals surface area contributed by atoms with E-state index in [0.717, 1.165) is 25.1 Å². The third kappa shape index (κ3) is 4.02. The summed E-state index contributed by atoms with van der Waals surface area (Å²) in [5.74, 6) is 1.94. The van der Waals surface area contributed by atoms with Crippen LogP contribution in [-0.4, -0.2) is 45.9 Å². The average molecular weight is 296 g/mol. The van der Waals surface area contributed by atoms with E-state index in [2.05, 4.69) is 18.7 Å². The molecule has 0 aromatic heterocycles. The summed E-state index contributed by atoms with van der Waals surface area (Å²) in [4.78, 5) is 2.36. The maximum atomic E-state index is 6.01. The van der Waals surface area contributed by atoms with Gasteiger partial charge in [0.15, 0.2) is 11.5 Å². The lowest BCUT2D eigenvalue weighted by Crippen LogP contribution is -2.34. The highest BCUT2D eigenvalue weighted by Gasteiger charge is 2.21. The Morgan fingerprint density at radius 2 is 1.62 bits per heavy atom. The van der Waals surface area contributed by atoms with Crippen LogP contribution in [0.3, 0.4) is 0 Å². The summed E-state index contributed by atoms with van der Waals surface area (Å²) in [6.07, 6.45) is 1.09. The van der Waals surface area contributed by atoms with Crippen molar-refractivity contribution in [1.29, 1.82) is 0 Å². The molecule has 1 rings (SSSR count). The summed E-state index contributed by atoms with van der Waals surface area (Å²) in [6, 6.07) is 4.11. The van der Waals surface area contributed by atoms with E-state index in [0.29, 0.717) is 23.8 Å². The van der Waals surface area contributed by atoms with Crippen LogP contribution in [0.2, 0.25) is 0 Å². The van der Waals surface area contributed by atoms with Crippen LogP contribution in [0.1, 0.15) is 31.9 Å². The van der Waals surface area contributed by atoms with Crippen molar-refractivity contribution in [2.24, 2.45) is 5.73 Å². The number of hydrogen-bond acceptors (Lipinski definition) is 5. The van der Waals surface area contributed by atoms with Crippen molar-refractivity contribution in [3.8, 4) is 17.2 Å². The molecule has 0 spiro atoms. The number of hydrogen-bond donors (Lipinski definition) is 1. The molecule has 0 bridgehead atoms. The number of benzene rings is 1. The first-order chi connectivity index (χ1) is 10.2. The van der Waals surface area contributed by atoms with E-state index < -0.39 is 0 Å². The van der Waals surface area contributed by atoms with Crippen molar-refractivity contribution >= 4 is 0 Å². The van der Waals surface area contributed by atoms with E-state index in [-0.39, 0.29) is 6.04 Å². The zero-order chi connectivity index (χ0) is 15.8. The maximum absolute atomic E-state index is 6.01. The fourth-order valence-corrected chi connectivity index (χ4v) is 2.61. The second kappa shape index (κ2) is 8.74. The number of nitrogens with two attached hydrogens (primary N) is 1. The highest BCUT2D eigenvalue weighted by Crippen LogP contribution is 2.40. The topological polar surface area (TPSA) is 57.0 Å². The molecule has 5 nitrogen and oxygen atoms in total. The molecule has 0 aliphatic heterocycles. The molecule has 21 heavy (non-hydrogen) atoms. The molecular formula is C16H28N2O3. The highest BCUT2D eigenvalue weighted by molar-refractivity contribution is 5.54. The fraction of sp³-hybridized carbons (Fsp3) is 0.625. The summed E-state index contributed by atoms with van der Waals surface area (Å²) >= 11 is 0. The van der Waals surface area contributed by atoms with Gasteiger partial charge in [-0.1, -0.05) is 13.8 Å². The second-order valence-electron chi connectivity index (χ2n) is 4.84. The van der Waals surface area contributed by atoms with Gasteiger partial charge in [-0.2, -0.15) is 0 Å². The van der Waals surface area contributed by atoms with Crippen molar-refractivity contribution in [2.45, 2.75) is 26.3 Å². The Hall–Kier alpha value is -1.46. The van der Waals surface area contributed by atoms with Gasteiger partial charge in [-0.3, -0.25) is 4.90 Å². The van der Waals surface area contributed by atoms with Crippen LogP contribution in [0.15, 0.2) is 12.1 Å². The van der Waals surface area contributed by atoms with E-state index in [1.165, 1.54) is 0 Å². The van der Waals surface area contributed by atoms with Gasteiger partial charge in [0.25, 0.3) is 0 Å². The van der Waals surface area contributed by atoms with E-state index in [1.807, 2.05) is 12.1 Å². The first kappa shape index (κ1) is 17.6. The van der Waals surface area contributed by atoms with E-state index in [4.69, 9.17) is 19.9 Å². The number of rotatable bonds is 9. The Balaban J connectivity index is 3.26. The van der Waals surface area contributed by atoms with Gasteiger partial charge in [-0.25, -0.2) is 0 Å². The van der Waals surface area contributed by atoms with Crippen LogP contribution < -0.4 is 19.9 Å². The molecule has 0 saturated heterocycles. The average Bonchev–Trinajstić information content (AvgIpc) is 2.53. The molecule has 0 aliphatic carbocycles. The third-order valence-electron chi connectivity index (χ3n) is 3.65. The molecule has 1 aromatic rings. The number of methoxy groups -OCH3 is 3. The van der Waals surface area contributed by atoms with E-state index in [9.17, 15) is 0 Å². The molecule has 1 aromatic carbocycles. The molecule has 0 amide bonds. The molecule has 0 aliphatic rings. The first-order valence-corrected chi connectivity index (χ1v) is 7.40. The molecule has 0 heterocycles. The number of nitrogens with zero attached hydrogens (tertiary/aromatic N) is 1. The Morgan fingerprint density at radius 3 is 1.95 bits per heavy atom. The number of likely N-dealkylation sites (N-methyl/N-ethyl adjacent to an activating group) is 1. The monoisotopic (exact) mass is 296 g/mol. The predicted molar refractivity (Wildman–Crippen MR) is 85.4 cm³/mol. The first-order valence-electron chi connectivity index (χ1n) is 7.40. The van der Waals surface area contributed by atoms with Gasteiger partial charge in [0.2, 0.25) is 5.75 Å². The molecule has 0 fully saturated rings. The Kier molecular flexibility index (Phi) is 7.32. The van der Waals surface area contributed by atoms with Gasteiger partial charge >= 0.3 is 0 Å².